The van der Waals surface area contributed by atoms with E-state index in [4.69, 9.17) is 10.5 Å². The molecule has 19 heavy (non-hydrogen) atoms. The Morgan fingerprint density at radius 2 is 2.11 bits per heavy atom. The highest BCUT2D eigenvalue weighted by Gasteiger charge is 2.15. The first-order valence-corrected chi connectivity index (χ1v) is 5.77. The molecule has 0 bridgehead atoms. The number of ether oxygens (including phenoxy) is 1. The van der Waals surface area contributed by atoms with Crippen LogP contribution in [-0.4, -0.2) is 17.1 Å². The number of fused-ring (bicyclic) bond motifs is 1. The minimum Gasteiger partial charge on any atom is -0.496 e. The van der Waals surface area contributed by atoms with Crippen LogP contribution in [-0.2, 0) is 0 Å². The third kappa shape index (κ3) is 1.89. The zero-order valence-electron chi connectivity index (χ0n) is 10.3. The Bertz CT molecular complexity index is 752. The van der Waals surface area contributed by atoms with Crippen molar-refractivity contribution in [1.29, 1.82) is 0 Å². The lowest BCUT2D eigenvalue weighted by atomic mass is 10.2. The van der Waals surface area contributed by atoms with Crippen LogP contribution < -0.4 is 10.5 Å². The molecule has 96 valence electrons. The fourth-order valence-corrected chi connectivity index (χ4v) is 2.05. The molecule has 2 aromatic carbocycles. The van der Waals surface area contributed by atoms with E-state index in [1.54, 1.807) is 30.3 Å². The van der Waals surface area contributed by atoms with Crippen molar-refractivity contribution in [3.8, 4) is 17.1 Å². The Morgan fingerprint density at radius 1 is 1.26 bits per heavy atom. The van der Waals surface area contributed by atoms with E-state index in [0.29, 0.717) is 22.8 Å². The molecule has 3 rings (SSSR count). The number of nitrogen functional groups attached to an aromatic ring is 1. The Kier molecular flexibility index (Phi) is 2.59. The van der Waals surface area contributed by atoms with E-state index in [1.807, 2.05) is 0 Å². The maximum Gasteiger partial charge on any atom is 0.145 e. The Labute approximate surface area is 109 Å². The smallest absolute Gasteiger partial charge is 0.145 e. The second kappa shape index (κ2) is 4.28. The maximum absolute atomic E-state index is 14.0. The molecule has 0 saturated carbocycles. The maximum atomic E-state index is 14.0. The highest BCUT2D eigenvalue weighted by atomic mass is 19.1. The number of hydrogen-bond acceptors (Lipinski definition) is 3. The molecule has 5 heteroatoms. The van der Waals surface area contributed by atoms with Crippen LogP contribution >= 0.6 is 0 Å². The predicted molar refractivity (Wildman–Crippen MR) is 72.5 cm³/mol. The quantitative estimate of drug-likeness (QED) is 0.694. The summed E-state index contributed by atoms with van der Waals surface area (Å²) in [6.45, 7) is 0. The minimum absolute atomic E-state index is 0.319. The molecule has 0 spiro atoms. The van der Waals surface area contributed by atoms with E-state index >= 15 is 0 Å². The molecular formula is C14H12FN3O. The molecule has 0 radical (unpaired) electrons. The molecule has 1 heterocycles. The van der Waals surface area contributed by atoms with E-state index in [9.17, 15) is 4.39 Å². The molecule has 0 amide bonds. The number of hydrogen-bond donors (Lipinski definition) is 2. The Morgan fingerprint density at radius 3 is 2.89 bits per heavy atom. The van der Waals surface area contributed by atoms with E-state index in [-0.39, 0.29) is 5.82 Å². The van der Waals surface area contributed by atoms with Crippen LogP contribution in [0.1, 0.15) is 0 Å². The molecule has 0 saturated heterocycles. The first kappa shape index (κ1) is 11.5. The van der Waals surface area contributed by atoms with Crippen LogP contribution in [0.25, 0.3) is 22.4 Å². The first-order valence-electron chi connectivity index (χ1n) is 5.77. The number of methoxy groups -OCH3 is 1. The van der Waals surface area contributed by atoms with Gasteiger partial charge in [-0.25, -0.2) is 9.37 Å². The number of nitrogens with two attached hydrogens (primary N) is 1. The van der Waals surface area contributed by atoms with Crippen molar-refractivity contribution in [3.05, 3.63) is 42.2 Å². The third-order valence-electron chi connectivity index (χ3n) is 2.94. The number of anilines is 1. The van der Waals surface area contributed by atoms with Crippen molar-refractivity contribution in [3.63, 3.8) is 0 Å². The number of benzene rings is 2. The number of imidazole rings is 1. The standard InChI is InChI=1S/C14H12FN3O/c1-19-12-4-2-3-9(15)13(12)14-17-10-6-5-8(16)7-11(10)18-14/h2-7H,16H2,1H3,(H,17,18). The average Bonchev–Trinajstić information content (AvgIpc) is 2.80. The summed E-state index contributed by atoms with van der Waals surface area (Å²) in [5, 5.41) is 0. The third-order valence-corrected chi connectivity index (χ3v) is 2.94. The van der Waals surface area contributed by atoms with Crippen molar-refractivity contribution in [2.45, 2.75) is 0 Å². The van der Waals surface area contributed by atoms with Crippen molar-refractivity contribution >= 4 is 16.7 Å². The SMILES string of the molecule is COc1cccc(F)c1-c1nc2ccc(N)cc2[nH]1. The number of halogens is 1. The fraction of sp³-hybridized carbons (Fsp3) is 0.0714. The summed E-state index contributed by atoms with van der Waals surface area (Å²) >= 11 is 0. The molecule has 0 atom stereocenters. The van der Waals surface area contributed by atoms with Gasteiger partial charge in [0.2, 0.25) is 0 Å². The van der Waals surface area contributed by atoms with Gasteiger partial charge in [-0.2, -0.15) is 0 Å². The predicted octanol–water partition coefficient (Wildman–Crippen LogP) is 2.96. The summed E-state index contributed by atoms with van der Waals surface area (Å²) in [6, 6.07) is 9.97. The van der Waals surface area contributed by atoms with E-state index in [1.165, 1.54) is 13.2 Å². The van der Waals surface area contributed by atoms with Gasteiger partial charge in [0, 0.05) is 5.69 Å². The molecule has 0 unspecified atom stereocenters. The minimum atomic E-state index is -0.383. The van der Waals surface area contributed by atoms with Gasteiger partial charge in [-0.05, 0) is 30.3 Å². The number of aromatic nitrogens is 2. The van der Waals surface area contributed by atoms with E-state index in [0.717, 1.165) is 11.0 Å². The summed E-state index contributed by atoms with van der Waals surface area (Å²) < 4.78 is 19.1. The number of nitrogens with one attached hydrogen (secondary N) is 1. The Balaban J connectivity index is 2.24. The van der Waals surface area contributed by atoms with Gasteiger partial charge in [0.05, 0.1) is 23.7 Å². The summed E-state index contributed by atoms with van der Waals surface area (Å²) in [5.41, 5.74) is 8.15. The highest BCUT2D eigenvalue weighted by molar-refractivity contribution is 5.83. The van der Waals surface area contributed by atoms with Gasteiger partial charge >= 0.3 is 0 Å². The van der Waals surface area contributed by atoms with Gasteiger partial charge in [0.15, 0.2) is 0 Å². The van der Waals surface area contributed by atoms with E-state index in [2.05, 4.69) is 9.97 Å². The summed E-state index contributed by atoms with van der Waals surface area (Å²) in [4.78, 5) is 7.42. The zero-order valence-corrected chi connectivity index (χ0v) is 10.3. The molecule has 3 N–H and O–H groups in total. The van der Waals surface area contributed by atoms with Crippen molar-refractivity contribution < 1.29 is 9.13 Å². The Hall–Kier alpha value is -2.56. The first-order chi connectivity index (χ1) is 9.19. The topological polar surface area (TPSA) is 63.9 Å². The molecule has 0 aliphatic rings. The zero-order chi connectivity index (χ0) is 13.4. The van der Waals surface area contributed by atoms with Crippen molar-refractivity contribution in [2.75, 3.05) is 12.8 Å². The number of rotatable bonds is 2. The molecular weight excluding hydrogens is 245 g/mol. The summed E-state index contributed by atoms with van der Waals surface area (Å²) in [7, 11) is 1.50. The van der Waals surface area contributed by atoms with Crippen LogP contribution in [0.15, 0.2) is 36.4 Å². The van der Waals surface area contributed by atoms with Gasteiger partial charge in [-0.15, -0.1) is 0 Å². The van der Waals surface area contributed by atoms with E-state index < -0.39 is 0 Å². The van der Waals surface area contributed by atoms with Gasteiger partial charge in [0.1, 0.15) is 17.4 Å². The number of aromatic amines is 1. The molecule has 0 fully saturated rings. The second-order valence-corrected chi connectivity index (χ2v) is 4.18. The largest absolute Gasteiger partial charge is 0.496 e. The van der Waals surface area contributed by atoms with Crippen molar-refractivity contribution in [1.82, 2.24) is 9.97 Å². The molecule has 0 aliphatic heterocycles. The van der Waals surface area contributed by atoms with Crippen LogP contribution in [0.4, 0.5) is 10.1 Å². The number of nitrogens with zero attached hydrogens (tertiary/aromatic N) is 1. The second-order valence-electron chi connectivity index (χ2n) is 4.18. The molecule has 4 nitrogen and oxygen atoms in total. The monoisotopic (exact) mass is 257 g/mol. The van der Waals surface area contributed by atoms with Crippen LogP contribution in [0.2, 0.25) is 0 Å². The molecule has 3 aromatic rings. The average molecular weight is 257 g/mol. The lowest BCUT2D eigenvalue weighted by molar-refractivity contribution is 0.413. The van der Waals surface area contributed by atoms with Gasteiger partial charge in [-0.3, -0.25) is 0 Å². The molecule has 0 aliphatic carbocycles. The van der Waals surface area contributed by atoms with Gasteiger partial charge in [0.25, 0.3) is 0 Å². The van der Waals surface area contributed by atoms with Crippen LogP contribution in [0.5, 0.6) is 5.75 Å². The fourth-order valence-electron chi connectivity index (χ4n) is 2.05. The van der Waals surface area contributed by atoms with Crippen LogP contribution in [0, 0.1) is 5.82 Å². The normalized spacial score (nSPS) is 10.8. The lowest BCUT2D eigenvalue weighted by Gasteiger charge is -2.06. The molecule has 1 aromatic heterocycles. The number of H-pyrrole nitrogens is 1. The van der Waals surface area contributed by atoms with Crippen molar-refractivity contribution in [2.24, 2.45) is 0 Å². The highest BCUT2D eigenvalue weighted by Crippen LogP contribution is 2.32. The summed E-state index contributed by atoms with van der Waals surface area (Å²) in [5.74, 6) is 0.481. The van der Waals surface area contributed by atoms with Gasteiger partial charge in [-0.1, -0.05) is 6.07 Å². The van der Waals surface area contributed by atoms with Gasteiger partial charge < -0.3 is 15.5 Å². The summed E-state index contributed by atoms with van der Waals surface area (Å²) in [6.07, 6.45) is 0. The lowest BCUT2D eigenvalue weighted by Crippen LogP contribution is -1.92. The van der Waals surface area contributed by atoms with Crippen LogP contribution in [0.3, 0.4) is 0 Å².